The zero-order valence-electron chi connectivity index (χ0n) is 15.6. The van der Waals surface area contributed by atoms with E-state index in [0.29, 0.717) is 13.1 Å². The first-order valence-corrected chi connectivity index (χ1v) is 10.5. The largest absolute Gasteiger partial charge is 0.352 e. The Bertz CT molecular complexity index is 1010. The van der Waals surface area contributed by atoms with Crippen molar-refractivity contribution in [1.29, 1.82) is 0 Å². The highest BCUT2D eigenvalue weighted by Gasteiger charge is 2.16. The lowest BCUT2D eigenvalue weighted by atomic mass is 10.1. The lowest BCUT2D eigenvalue weighted by Gasteiger charge is -2.08. The van der Waals surface area contributed by atoms with Crippen molar-refractivity contribution in [2.75, 3.05) is 5.75 Å². The van der Waals surface area contributed by atoms with E-state index >= 15 is 0 Å². The minimum Gasteiger partial charge on any atom is -0.352 e. The number of sulfone groups is 1. The second-order valence-electron chi connectivity index (χ2n) is 6.57. The highest BCUT2D eigenvalue weighted by atomic mass is 32.2. The summed E-state index contributed by atoms with van der Waals surface area (Å²) in [6, 6.07) is 14.4. The summed E-state index contributed by atoms with van der Waals surface area (Å²) in [6.45, 7) is 2.88. The smallest absolute Gasteiger partial charge is 0.221 e. The summed E-state index contributed by atoms with van der Waals surface area (Å²) in [6.07, 6.45) is 3.07. The highest BCUT2D eigenvalue weighted by Crippen LogP contribution is 2.13. The molecule has 0 radical (unpaired) electrons. The minimum atomic E-state index is -3.46. The second-order valence-corrected chi connectivity index (χ2v) is 8.68. The molecule has 0 saturated heterocycles. The van der Waals surface area contributed by atoms with Gasteiger partial charge in [-0.3, -0.25) is 4.79 Å². The zero-order valence-corrected chi connectivity index (χ0v) is 16.4. The molecule has 0 atom stereocenters. The van der Waals surface area contributed by atoms with E-state index in [4.69, 9.17) is 0 Å². The molecule has 1 aromatic heterocycles. The number of aromatic nitrogens is 3. The van der Waals surface area contributed by atoms with Crippen molar-refractivity contribution in [3.63, 3.8) is 0 Å². The van der Waals surface area contributed by atoms with E-state index < -0.39 is 9.84 Å². The Morgan fingerprint density at radius 2 is 1.71 bits per heavy atom. The Morgan fingerprint density at radius 1 is 1.04 bits per heavy atom. The van der Waals surface area contributed by atoms with E-state index in [2.05, 4.69) is 15.4 Å². The maximum absolute atomic E-state index is 12.3. The fourth-order valence-corrected chi connectivity index (χ4v) is 3.88. The van der Waals surface area contributed by atoms with Crippen LogP contribution >= 0.6 is 0 Å². The van der Waals surface area contributed by atoms with Gasteiger partial charge in [0, 0.05) is 13.0 Å². The average Bonchev–Trinajstić information content (AvgIpc) is 3.19. The van der Waals surface area contributed by atoms with Gasteiger partial charge in [0.05, 0.1) is 17.2 Å². The van der Waals surface area contributed by atoms with E-state index in [9.17, 15) is 13.2 Å². The number of aryl methyl sites for hydroxylation is 1. The van der Waals surface area contributed by atoms with Gasteiger partial charge in [0.15, 0.2) is 9.84 Å². The molecule has 0 spiro atoms. The van der Waals surface area contributed by atoms with Crippen molar-refractivity contribution < 1.29 is 13.2 Å². The summed E-state index contributed by atoms with van der Waals surface area (Å²) in [5, 5.41) is 6.83. The molecule has 3 aromatic rings. The van der Waals surface area contributed by atoms with Crippen LogP contribution < -0.4 is 5.32 Å². The lowest BCUT2D eigenvalue weighted by molar-refractivity contribution is -0.120. The maximum Gasteiger partial charge on any atom is 0.221 e. The number of nitrogens with one attached hydrogen (secondary N) is 1. The number of hydrogen-bond donors (Lipinski definition) is 1. The van der Waals surface area contributed by atoms with Gasteiger partial charge < -0.3 is 5.32 Å². The molecule has 0 aliphatic heterocycles. The standard InChI is InChI=1S/C20H22N4O3S/c1-16-2-8-19(9-3-16)28(26,27)11-10-20(25)22-12-17-4-6-18(7-5-17)13-24-15-21-14-23-24/h2-9,14-15H,10-13H2,1H3,(H,22,25). The topological polar surface area (TPSA) is 94.0 Å². The molecular formula is C20H22N4O3S. The highest BCUT2D eigenvalue weighted by molar-refractivity contribution is 7.91. The number of nitrogens with zero attached hydrogens (tertiary/aromatic N) is 3. The second kappa shape index (κ2) is 8.79. The minimum absolute atomic E-state index is 0.0689. The Morgan fingerprint density at radius 3 is 2.36 bits per heavy atom. The quantitative estimate of drug-likeness (QED) is 0.627. The van der Waals surface area contributed by atoms with Crippen LogP contribution in [0, 0.1) is 6.92 Å². The summed E-state index contributed by atoms with van der Waals surface area (Å²) in [5.74, 6) is -0.499. The third-order valence-corrected chi connectivity index (χ3v) is 6.03. The average molecular weight is 398 g/mol. The van der Waals surface area contributed by atoms with Crippen molar-refractivity contribution in [2.45, 2.75) is 31.3 Å². The Labute approximate surface area is 164 Å². The predicted octanol–water partition coefficient (Wildman–Crippen LogP) is 2.12. The first-order chi connectivity index (χ1) is 13.4. The van der Waals surface area contributed by atoms with Crippen LogP contribution in [-0.2, 0) is 27.7 Å². The number of rotatable bonds is 8. The van der Waals surface area contributed by atoms with Crippen LogP contribution in [0.5, 0.6) is 0 Å². The fourth-order valence-electron chi connectivity index (χ4n) is 2.64. The van der Waals surface area contributed by atoms with Gasteiger partial charge in [0.2, 0.25) is 5.91 Å². The first kappa shape index (κ1) is 19.8. The molecule has 3 rings (SSSR count). The maximum atomic E-state index is 12.3. The molecule has 0 aliphatic carbocycles. The van der Waals surface area contributed by atoms with Gasteiger partial charge in [-0.1, -0.05) is 42.0 Å². The SMILES string of the molecule is Cc1ccc(S(=O)(=O)CCC(=O)NCc2ccc(Cn3cncn3)cc2)cc1. The number of carbonyl (C=O) groups is 1. The molecule has 2 aromatic carbocycles. The van der Waals surface area contributed by atoms with Crippen LogP contribution in [0.1, 0.15) is 23.1 Å². The van der Waals surface area contributed by atoms with Gasteiger partial charge in [-0.05, 0) is 30.2 Å². The molecule has 1 heterocycles. The third kappa shape index (κ3) is 5.50. The normalized spacial score (nSPS) is 11.3. The number of carbonyl (C=O) groups excluding carboxylic acids is 1. The molecule has 0 bridgehead atoms. The van der Waals surface area contributed by atoms with E-state index in [1.165, 1.54) is 6.33 Å². The van der Waals surface area contributed by atoms with Gasteiger partial charge in [0.1, 0.15) is 12.7 Å². The number of benzene rings is 2. The van der Waals surface area contributed by atoms with E-state index in [-0.39, 0.29) is 23.0 Å². The number of amides is 1. The molecule has 0 fully saturated rings. The molecule has 8 heteroatoms. The Hall–Kier alpha value is -3.00. The lowest BCUT2D eigenvalue weighted by Crippen LogP contribution is -2.25. The predicted molar refractivity (Wildman–Crippen MR) is 105 cm³/mol. The van der Waals surface area contributed by atoms with Gasteiger partial charge >= 0.3 is 0 Å². The molecule has 0 unspecified atom stereocenters. The number of hydrogen-bond acceptors (Lipinski definition) is 5. The van der Waals surface area contributed by atoms with Gasteiger partial charge in [-0.2, -0.15) is 5.10 Å². The molecule has 1 N–H and O–H groups in total. The summed E-state index contributed by atoms with van der Waals surface area (Å²) >= 11 is 0. The van der Waals surface area contributed by atoms with Crippen LogP contribution in [0.2, 0.25) is 0 Å². The summed E-state index contributed by atoms with van der Waals surface area (Å²) in [4.78, 5) is 16.2. The van der Waals surface area contributed by atoms with Crippen LogP contribution in [0.15, 0.2) is 66.1 Å². The van der Waals surface area contributed by atoms with Gasteiger partial charge in [0.25, 0.3) is 0 Å². The van der Waals surface area contributed by atoms with Crippen LogP contribution in [0.25, 0.3) is 0 Å². The van der Waals surface area contributed by atoms with Crippen LogP contribution in [0.3, 0.4) is 0 Å². The molecule has 0 saturated carbocycles. The van der Waals surface area contributed by atoms with E-state index in [1.54, 1.807) is 35.3 Å². The van der Waals surface area contributed by atoms with Crippen LogP contribution in [0.4, 0.5) is 0 Å². The molecule has 146 valence electrons. The molecule has 0 aliphatic rings. The molecular weight excluding hydrogens is 376 g/mol. The summed E-state index contributed by atoms with van der Waals surface area (Å²) in [7, 11) is -3.46. The molecule has 28 heavy (non-hydrogen) atoms. The van der Waals surface area contributed by atoms with E-state index in [0.717, 1.165) is 16.7 Å². The van der Waals surface area contributed by atoms with E-state index in [1.807, 2.05) is 31.2 Å². The van der Waals surface area contributed by atoms with Crippen molar-refractivity contribution in [3.05, 3.63) is 77.9 Å². The Balaban J connectivity index is 1.46. The van der Waals surface area contributed by atoms with Crippen LogP contribution in [-0.4, -0.2) is 34.8 Å². The Kier molecular flexibility index (Phi) is 6.20. The first-order valence-electron chi connectivity index (χ1n) is 8.89. The zero-order chi connectivity index (χ0) is 20.0. The van der Waals surface area contributed by atoms with Crippen molar-refractivity contribution >= 4 is 15.7 Å². The van der Waals surface area contributed by atoms with Crippen molar-refractivity contribution in [1.82, 2.24) is 20.1 Å². The summed E-state index contributed by atoms with van der Waals surface area (Å²) < 4.78 is 26.3. The molecule has 1 amide bonds. The summed E-state index contributed by atoms with van der Waals surface area (Å²) in [5.41, 5.74) is 3.01. The van der Waals surface area contributed by atoms with Crippen molar-refractivity contribution in [2.24, 2.45) is 0 Å². The third-order valence-electron chi connectivity index (χ3n) is 4.30. The van der Waals surface area contributed by atoms with Crippen molar-refractivity contribution in [3.8, 4) is 0 Å². The van der Waals surface area contributed by atoms with Gasteiger partial charge in [-0.25, -0.2) is 18.1 Å². The molecule has 7 nitrogen and oxygen atoms in total. The van der Waals surface area contributed by atoms with Gasteiger partial charge in [-0.15, -0.1) is 0 Å². The monoisotopic (exact) mass is 398 g/mol. The fraction of sp³-hybridized carbons (Fsp3) is 0.250.